The van der Waals surface area contributed by atoms with Gasteiger partial charge in [-0.3, -0.25) is 10.1 Å². The highest BCUT2D eigenvalue weighted by molar-refractivity contribution is 9.09. The quantitative estimate of drug-likeness (QED) is 0.471. The number of halogens is 1. The smallest absolute Gasteiger partial charge is 0.269 e. The van der Waals surface area contributed by atoms with Gasteiger partial charge in [0.25, 0.3) is 5.69 Å². The molecule has 1 aromatic carbocycles. The van der Waals surface area contributed by atoms with Crippen LogP contribution in [0.2, 0.25) is 0 Å². The summed E-state index contributed by atoms with van der Waals surface area (Å²) < 4.78 is 5.44. The summed E-state index contributed by atoms with van der Waals surface area (Å²) in [6, 6.07) is 6.10. The van der Waals surface area contributed by atoms with Gasteiger partial charge in [-0.2, -0.15) is 0 Å². The zero-order chi connectivity index (χ0) is 11.3. The molecule has 0 heterocycles. The number of hydrogen-bond donors (Lipinski definition) is 0. The minimum absolute atomic E-state index is 0.0795. The normalized spacial score (nSPS) is 12.1. The molecule has 0 aromatic heterocycles. The molecule has 0 amide bonds. The van der Waals surface area contributed by atoms with E-state index in [1.807, 2.05) is 0 Å². The Morgan fingerprint density at radius 3 is 2.53 bits per heavy atom. The Morgan fingerprint density at radius 2 is 2.07 bits per heavy atom. The van der Waals surface area contributed by atoms with E-state index in [0.29, 0.717) is 18.3 Å². The van der Waals surface area contributed by atoms with Crippen molar-refractivity contribution >= 4 is 21.6 Å². The van der Waals surface area contributed by atoms with E-state index in [4.69, 9.17) is 4.74 Å². The molecular weight excluding hydrogens is 262 g/mol. The van der Waals surface area contributed by atoms with E-state index < -0.39 is 4.92 Å². The molecule has 0 N–H and O–H groups in total. The van der Waals surface area contributed by atoms with E-state index >= 15 is 0 Å². The largest absolute Gasteiger partial charge is 0.493 e. The van der Waals surface area contributed by atoms with Crippen LogP contribution in [0.3, 0.4) is 0 Å². The van der Waals surface area contributed by atoms with Crippen LogP contribution < -0.4 is 4.74 Å². The minimum Gasteiger partial charge on any atom is -0.493 e. The second kappa shape index (κ2) is 5.70. The van der Waals surface area contributed by atoms with Gasteiger partial charge in [-0.05, 0) is 18.1 Å². The van der Waals surface area contributed by atoms with Gasteiger partial charge in [0.15, 0.2) is 0 Å². The van der Waals surface area contributed by atoms with E-state index in [-0.39, 0.29) is 5.69 Å². The van der Waals surface area contributed by atoms with Gasteiger partial charge in [0.05, 0.1) is 11.5 Å². The highest BCUT2D eigenvalue weighted by atomic mass is 79.9. The molecule has 0 aliphatic heterocycles. The maximum Gasteiger partial charge on any atom is 0.269 e. The molecule has 82 valence electrons. The molecule has 1 aromatic rings. The fourth-order valence-corrected chi connectivity index (χ4v) is 1.13. The minimum atomic E-state index is -0.426. The van der Waals surface area contributed by atoms with Crippen molar-refractivity contribution in [2.75, 3.05) is 11.9 Å². The molecular formula is C10H12BrNO3. The first-order chi connectivity index (χ1) is 7.13. The van der Waals surface area contributed by atoms with Gasteiger partial charge in [0.1, 0.15) is 5.75 Å². The van der Waals surface area contributed by atoms with Crippen LogP contribution in [0.1, 0.15) is 6.92 Å². The van der Waals surface area contributed by atoms with Gasteiger partial charge in [-0.15, -0.1) is 0 Å². The Bertz CT molecular complexity index is 326. The summed E-state index contributed by atoms with van der Waals surface area (Å²) >= 11 is 3.35. The molecule has 1 rings (SSSR count). The Morgan fingerprint density at radius 1 is 1.47 bits per heavy atom. The number of ether oxygens (including phenoxy) is 1. The van der Waals surface area contributed by atoms with Crippen LogP contribution >= 0.6 is 15.9 Å². The van der Waals surface area contributed by atoms with Crippen molar-refractivity contribution in [2.24, 2.45) is 5.92 Å². The number of rotatable bonds is 5. The fourth-order valence-electron chi connectivity index (χ4n) is 0.947. The fraction of sp³-hybridized carbons (Fsp3) is 0.400. The maximum atomic E-state index is 10.4. The van der Waals surface area contributed by atoms with Gasteiger partial charge in [-0.1, -0.05) is 22.9 Å². The third-order valence-corrected chi connectivity index (χ3v) is 2.95. The van der Waals surface area contributed by atoms with Crippen LogP contribution in [0.25, 0.3) is 0 Å². The standard InChI is InChI=1S/C10H12BrNO3/c1-8(6-11)7-15-10-4-2-9(3-5-10)12(13)14/h2-5,8H,6-7H2,1H3. The highest BCUT2D eigenvalue weighted by Gasteiger charge is 2.05. The van der Waals surface area contributed by atoms with Gasteiger partial charge in [0.2, 0.25) is 0 Å². The second-order valence-corrected chi connectivity index (χ2v) is 3.97. The van der Waals surface area contributed by atoms with Crippen LogP contribution in [0.5, 0.6) is 5.75 Å². The van der Waals surface area contributed by atoms with E-state index in [1.165, 1.54) is 12.1 Å². The predicted molar refractivity (Wildman–Crippen MR) is 61.5 cm³/mol. The molecule has 0 saturated heterocycles. The molecule has 0 radical (unpaired) electrons. The van der Waals surface area contributed by atoms with Crippen molar-refractivity contribution < 1.29 is 9.66 Å². The lowest BCUT2D eigenvalue weighted by atomic mass is 10.2. The number of nitrogens with zero attached hydrogens (tertiary/aromatic N) is 1. The summed E-state index contributed by atoms with van der Waals surface area (Å²) in [7, 11) is 0. The summed E-state index contributed by atoms with van der Waals surface area (Å²) in [5.41, 5.74) is 0.0795. The van der Waals surface area contributed by atoms with Crippen molar-refractivity contribution in [3.63, 3.8) is 0 Å². The number of hydrogen-bond acceptors (Lipinski definition) is 3. The van der Waals surface area contributed by atoms with Crippen LogP contribution in [-0.4, -0.2) is 16.9 Å². The molecule has 0 saturated carbocycles. The van der Waals surface area contributed by atoms with Crippen molar-refractivity contribution in [3.05, 3.63) is 34.4 Å². The molecule has 4 nitrogen and oxygen atoms in total. The molecule has 0 spiro atoms. The third kappa shape index (κ3) is 3.87. The highest BCUT2D eigenvalue weighted by Crippen LogP contribution is 2.17. The van der Waals surface area contributed by atoms with Gasteiger partial charge >= 0.3 is 0 Å². The average Bonchev–Trinajstić information content (AvgIpc) is 2.26. The number of alkyl halides is 1. The molecule has 0 fully saturated rings. The van der Waals surface area contributed by atoms with Gasteiger partial charge < -0.3 is 4.74 Å². The lowest BCUT2D eigenvalue weighted by molar-refractivity contribution is -0.384. The summed E-state index contributed by atoms with van der Waals surface area (Å²) in [5.74, 6) is 1.08. The van der Waals surface area contributed by atoms with E-state index in [9.17, 15) is 10.1 Å². The Kier molecular flexibility index (Phi) is 4.55. The van der Waals surface area contributed by atoms with E-state index in [2.05, 4.69) is 22.9 Å². The van der Waals surface area contributed by atoms with Gasteiger partial charge in [-0.25, -0.2) is 0 Å². The summed E-state index contributed by atoms with van der Waals surface area (Å²) in [6.45, 7) is 2.66. The lowest BCUT2D eigenvalue weighted by Crippen LogP contribution is -2.09. The zero-order valence-corrected chi connectivity index (χ0v) is 9.94. The summed E-state index contributed by atoms with van der Waals surface area (Å²) in [6.07, 6.45) is 0. The first-order valence-corrected chi connectivity index (χ1v) is 5.69. The van der Waals surface area contributed by atoms with Crippen molar-refractivity contribution in [3.8, 4) is 5.75 Å². The summed E-state index contributed by atoms with van der Waals surface area (Å²) in [5, 5.41) is 11.3. The molecule has 15 heavy (non-hydrogen) atoms. The molecule has 0 aliphatic rings. The van der Waals surface area contributed by atoms with Crippen LogP contribution in [-0.2, 0) is 0 Å². The second-order valence-electron chi connectivity index (χ2n) is 3.32. The van der Waals surface area contributed by atoms with E-state index in [1.54, 1.807) is 12.1 Å². The Balaban J connectivity index is 2.53. The zero-order valence-electron chi connectivity index (χ0n) is 8.35. The van der Waals surface area contributed by atoms with Crippen molar-refractivity contribution in [1.29, 1.82) is 0 Å². The van der Waals surface area contributed by atoms with Crippen LogP contribution in [0, 0.1) is 16.0 Å². The monoisotopic (exact) mass is 273 g/mol. The lowest BCUT2D eigenvalue weighted by Gasteiger charge is -2.09. The maximum absolute atomic E-state index is 10.4. The van der Waals surface area contributed by atoms with E-state index in [0.717, 1.165) is 5.33 Å². The first-order valence-electron chi connectivity index (χ1n) is 4.56. The van der Waals surface area contributed by atoms with Gasteiger partial charge in [0, 0.05) is 17.5 Å². The van der Waals surface area contributed by atoms with Crippen molar-refractivity contribution in [1.82, 2.24) is 0 Å². The Labute approximate surface area is 96.5 Å². The Hall–Kier alpha value is -1.10. The number of benzene rings is 1. The number of nitro groups is 1. The number of nitro benzene ring substituents is 1. The van der Waals surface area contributed by atoms with Crippen LogP contribution in [0.15, 0.2) is 24.3 Å². The average molecular weight is 274 g/mol. The van der Waals surface area contributed by atoms with Crippen molar-refractivity contribution in [2.45, 2.75) is 6.92 Å². The SMILES string of the molecule is CC(CBr)COc1ccc([N+](=O)[O-])cc1. The molecule has 1 atom stereocenters. The summed E-state index contributed by atoms with van der Waals surface area (Å²) in [4.78, 5) is 9.96. The molecule has 5 heteroatoms. The topological polar surface area (TPSA) is 52.4 Å². The number of non-ortho nitro benzene ring substituents is 1. The first kappa shape index (κ1) is 12.0. The van der Waals surface area contributed by atoms with Crippen LogP contribution in [0.4, 0.5) is 5.69 Å². The third-order valence-electron chi connectivity index (χ3n) is 1.85. The molecule has 1 unspecified atom stereocenters. The molecule has 0 bridgehead atoms. The molecule has 0 aliphatic carbocycles. The predicted octanol–water partition coefficient (Wildman–Crippen LogP) is 3.00.